The first-order valence-electron chi connectivity index (χ1n) is 15.0. The molecule has 9 nitrogen and oxygen atoms in total. The molecule has 0 fully saturated rings. The first-order valence-corrected chi connectivity index (χ1v) is 15.0. The van der Waals surface area contributed by atoms with Gasteiger partial charge >= 0.3 is 0 Å². The van der Waals surface area contributed by atoms with Crippen molar-refractivity contribution in [1.82, 2.24) is 10.2 Å². The maximum Gasteiger partial charge on any atom is 0.246 e. The summed E-state index contributed by atoms with van der Waals surface area (Å²) < 4.78 is 17.5. The smallest absolute Gasteiger partial charge is 0.246 e. The van der Waals surface area contributed by atoms with Gasteiger partial charge in [0.15, 0.2) is 0 Å². The van der Waals surface area contributed by atoms with Crippen LogP contribution in [0.2, 0.25) is 0 Å². The highest BCUT2D eigenvalue weighted by molar-refractivity contribution is 5.81. The number of amides is 1. The second-order valence-electron chi connectivity index (χ2n) is 12.1. The number of rotatable bonds is 25. The van der Waals surface area contributed by atoms with Crippen molar-refractivity contribution in [3.63, 3.8) is 0 Å². The van der Waals surface area contributed by atoms with Gasteiger partial charge in [-0.3, -0.25) is 19.2 Å². The predicted octanol–water partition coefficient (Wildman–Crippen LogP) is 4.25. The van der Waals surface area contributed by atoms with E-state index in [9.17, 15) is 19.2 Å². The Hall–Kier alpha value is -1.68. The van der Waals surface area contributed by atoms with Crippen LogP contribution in [0.25, 0.3) is 0 Å². The summed E-state index contributed by atoms with van der Waals surface area (Å²) in [7, 11) is 2.01. The minimum Gasteiger partial charge on any atom is -0.378 e. The molecule has 0 radical (unpaired) electrons. The molecule has 0 aromatic heterocycles. The molecule has 0 heterocycles. The molecule has 0 aliphatic heterocycles. The Labute approximate surface area is 243 Å². The minimum absolute atomic E-state index is 0.0139. The molecule has 0 rings (SSSR count). The summed E-state index contributed by atoms with van der Waals surface area (Å²) in [6.07, 6.45) is 2.95. The Morgan fingerprint density at radius 3 is 1.60 bits per heavy atom. The zero-order valence-corrected chi connectivity index (χ0v) is 26.8. The van der Waals surface area contributed by atoms with E-state index in [-0.39, 0.29) is 74.0 Å². The number of ether oxygens (including phenoxy) is 3. The van der Waals surface area contributed by atoms with E-state index in [1.54, 1.807) is 0 Å². The Morgan fingerprint density at radius 2 is 1.15 bits per heavy atom. The van der Waals surface area contributed by atoms with E-state index in [1.165, 1.54) is 0 Å². The average Bonchev–Trinajstić information content (AvgIpc) is 2.88. The molecule has 0 aliphatic carbocycles. The first-order chi connectivity index (χ1) is 18.7. The van der Waals surface area contributed by atoms with Crippen molar-refractivity contribution in [3.8, 4) is 0 Å². The van der Waals surface area contributed by atoms with Gasteiger partial charge in [0.25, 0.3) is 0 Å². The number of hydrogen-bond acceptors (Lipinski definition) is 8. The number of carbonyl (C=O) groups excluding carboxylic acids is 4. The largest absolute Gasteiger partial charge is 0.378 e. The Morgan fingerprint density at radius 1 is 0.675 bits per heavy atom. The van der Waals surface area contributed by atoms with E-state index >= 15 is 0 Å². The molecule has 0 saturated heterocycles. The molecule has 234 valence electrons. The lowest BCUT2D eigenvalue weighted by molar-refractivity contribution is -0.132. The highest BCUT2D eigenvalue weighted by Crippen LogP contribution is 2.19. The topological polar surface area (TPSA) is 111 Å². The first kappa shape index (κ1) is 38.3. The fraction of sp³-hybridized carbons (Fsp3) is 0.871. The van der Waals surface area contributed by atoms with Crippen molar-refractivity contribution in [2.75, 3.05) is 53.2 Å². The maximum absolute atomic E-state index is 13.0. The van der Waals surface area contributed by atoms with Crippen LogP contribution in [0.1, 0.15) is 93.9 Å². The third kappa shape index (κ3) is 17.9. The van der Waals surface area contributed by atoms with Gasteiger partial charge < -0.3 is 24.4 Å². The van der Waals surface area contributed by atoms with Gasteiger partial charge in [-0.2, -0.15) is 0 Å². The molecule has 0 bridgehead atoms. The summed E-state index contributed by atoms with van der Waals surface area (Å²) >= 11 is 0. The van der Waals surface area contributed by atoms with Gasteiger partial charge in [0.1, 0.15) is 24.0 Å². The van der Waals surface area contributed by atoms with Gasteiger partial charge in [-0.1, -0.05) is 48.0 Å². The number of nitrogens with one attached hydrogen (secondary N) is 1. The fourth-order valence-corrected chi connectivity index (χ4v) is 3.79. The Bertz CT molecular complexity index is 681. The second-order valence-corrected chi connectivity index (χ2v) is 12.1. The van der Waals surface area contributed by atoms with Gasteiger partial charge in [0.05, 0.1) is 38.6 Å². The van der Waals surface area contributed by atoms with E-state index in [0.717, 1.165) is 0 Å². The van der Waals surface area contributed by atoms with Crippen LogP contribution in [0.5, 0.6) is 0 Å². The molecule has 0 atom stereocenters. The predicted molar refractivity (Wildman–Crippen MR) is 158 cm³/mol. The quantitative estimate of drug-likeness (QED) is 0.162. The second kappa shape index (κ2) is 21.1. The summed E-state index contributed by atoms with van der Waals surface area (Å²) in [5, 5.41) is 3.09. The molecule has 0 unspecified atom stereocenters. The lowest BCUT2D eigenvalue weighted by Crippen LogP contribution is -2.56. The average molecular weight is 571 g/mol. The van der Waals surface area contributed by atoms with Crippen LogP contribution >= 0.6 is 0 Å². The molecule has 0 aliphatic rings. The molecule has 40 heavy (non-hydrogen) atoms. The van der Waals surface area contributed by atoms with E-state index in [2.05, 4.69) is 24.1 Å². The number of hydrogen-bond donors (Lipinski definition) is 1. The van der Waals surface area contributed by atoms with Crippen LogP contribution < -0.4 is 5.32 Å². The molecule has 1 N–H and O–H groups in total. The maximum atomic E-state index is 13.0. The third-order valence-electron chi connectivity index (χ3n) is 7.11. The molecule has 0 aromatic rings. The van der Waals surface area contributed by atoms with Crippen LogP contribution in [0.4, 0.5) is 0 Å². The number of carbonyl (C=O) groups is 4. The van der Waals surface area contributed by atoms with Crippen LogP contribution in [-0.2, 0) is 33.4 Å². The number of ketones is 3. The summed E-state index contributed by atoms with van der Waals surface area (Å²) in [5.74, 6) is 0.00566. The van der Waals surface area contributed by atoms with Crippen LogP contribution in [0.3, 0.4) is 0 Å². The summed E-state index contributed by atoms with van der Waals surface area (Å²) in [5.41, 5.74) is -0.877. The van der Waals surface area contributed by atoms with Crippen molar-refractivity contribution in [1.29, 1.82) is 0 Å². The van der Waals surface area contributed by atoms with E-state index < -0.39 is 5.54 Å². The minimum atomic E-state index is -0.877. The summed E-state index contributed by atoms with van der Waals surface area (Å²) in [4.78, 5) is 51.4. The SMILES string of the molecule is CC(C)C(=O)CCCCC(COCCC(=O)C(C)C)(COCCC(=O)C(C)C)NC(=O)COCCN(C)C(C)C. The lowest BCUT2D eigenvalue weighted by Gasteiger charge is -2.35. The number of nitrogens with zero attached hydrogens (tertiary/aromatic N) is 1. The van der Waals surface area contributed by atoms with Gasteiger partial charge in [0, 0.05) is 49.6 Å². The molecular formula is C31H58N2O7. The van der Waals surface area contributed by atoms with Gasteiger partial charge in [-0.05, 0) is 33.7 Å². The summed E-state index contributed by atoms with van der Waals surface area (Å²) in [6, 6.07) is 0.382. The number of Topliss-reactive ketones (excluding diaryl/α,β-unsaturated/α-hetero) is 3. The molecule has 9 heteroatoms. The van der Waals surface area contributed by atoms with E-state index in [0.29, 0.717) is 57.7 Å². The van der Waals surface area contributed by atoms with E-state index in [1.807, 2.05) is 48.6 Å². The monoisotopic (exact) mass is 570 g/mol. The third-order valence-corrected chi connectivity index (χ3v) is 7.11. The van der Waals surface area contributed by atoms with Crippen LogP contribution in [-0.4, -0.2) is 93.0 Å². The molecule has 0 spiro atoms. The fourth-order valence-electron chi connectivity index (χ4n) is 3.79. The zero-order chi connectivity index (χ0) is 30.7. The Balaban J connectivity index is 5.44. The van der Waals surface area contributed by atoms with Crippen molar-refractivity contribution in [2.45, 2.75) is 105 Å². The van der Waals surface area contributed by atoms with Crippen LogP contribution in [0, 0.1) is 17.8 Å². The van der Waals surface area contributed by atoms with E-state index in [4.69, 9.17) is 14.2 Å². The highest BCUT2D eigenvalue weighted by Gasteiger charge is 2.33. The highest BCUT2D eigenvalue weighted by atomic mass is 16.5. The van der Waals surface area contributed by atoms with Gasteiger partial charge in [-0.25, -0.2) is 0 Å². The molecule has 0 saturated carbocycles. The summed E-state index contributed by atoms with van der Waals surface area (Å²) in [6.45, 7) is 17.2. The number of unbranched alkanes of at least 4 members (excludes halogenated alkanes) is 1. The normalized spacial score (nSPS) is 12.2. The van der Waals surface area contributed by atoms with Crippen molar-refractivity contribution in [2.24, 2.45) is 17.8 Å². The zero-order valence-electron chi connectivity index (χ0n) is 26.8. The Kier molecular flexibility index (Phi) is 20.2. The molecule has 1 amide bonds. The lowest BCUT2D eigenvalue weighted by atomic mass is 9.92. The van der Waals surface area contributed by atoms with Crippen molar-refractivity contribution in [3.05, 3.63) is 0 Å². The van der Waals surface area contributed by atoms with Gasteiger partial charge in [-0.15, -0.1) is 0 Å². The number of likely N-dealkylation sites (N-methyl/N-ethyl adjacent to an activating group) is 1. The van der Waals surface area contributed by atoms with Crippen molar-refractivity contribution >= 4 is 23.3 Å². The van der Waals surface area contributed by atoms with Gasteiger partial charge in [0.2, 0.25) is 5.91 Å². The van der Waals surface area contributed by atoms with Crippen LogP contribution in [0.15, 0.2) is 0 Å². The van der Waals surface area contributed by atoms with Crippen molar-refractivity contribution < 1.29 is 33.4 Å². The molecular weight excluding hydrogens is 512 g/mol. The molecule has 0 aromatic carbocycles. The standard InChI is InChI=1S/C31H58N2O7/c1-23(2)27(34)12-10-11-15-31(21-39-17-13-28(35)24(3)4,22-40-18-14-29(36)25(5)6)32-30(37)20-38-19-16-33(9)26(7)8/h23-26H,10-22H2,1-9H3,(H,32,37).